The molecule has 0 bridgehead atoms. The van der Waals surface area contributed by atoms with E-state index in [4.69, 9.17) is 0 Å². The Balaban J connectivity index is 2.07. The van der Waals surface area contributed by atoms with Crippen molar-refractivity contribution in [3.05, 3.63) is 28.2 Å². The molecule has 1 aromatic carbocycles. The van der Waals surface area contributed by atoms with Gasteiger partial charge in [0.15, 0.2) is 0 Å². The summed E-state index contributed by atoms with van der Waals surface area (Å²) >= 11 is 3.55. The van der Waals surface area contributed by atoms with Crippen molar-refractivity contribution in [1.29, 1.82) is 0 Å². The van der Waals surface area contributed by atoms with Crippen LogP contribution in [0.1, 0.15) is 31.2 Å². The fourth-order valence-electron chi connectivity index (χ4n) is 2.22. The molecule has 16 heavy (non-hydrogen) atoms. The van der Waals surface area contributed by atoms with Gasteiger partial charge < -0.3 is 10.4 Å². The number of benzene rings is 1. The third-order valence-corrected chi connectivity index (χ3v) is 3.85. The zero-order valence-electron chi connectivity index (χ0n) is 9.54. The van der Waals surface area contributed by atoms with Gasteiger partial charge in [0.2, 0.25) is 0 Å². The zero-order chi connectivity index (χ0) is 11.5. The van der Waals surface area contributed by atoms with Crippen LogP contribution in [0.15, 0.2) is 22.7 Å². The van der Waals surface area contributed by atoms with Gasteiger partial charge in [-0.2, -0.15) is 0 Å². The maximum absolute atomic E-state index is 9.90. The lowest BCUT2D eigenvalue weighted by atomic mass is 9.92. The smallest absolute Gasteiger partial charge is 0.0741 e. The van der Waals surface area contributed by atoms with E-state index in [1.54, 1.807) is 0 Å². The fourth-order valence-corrected chi connectivity index (χ4v) is 2.82. The summed E-state index contributed by atoms with van der Waals surface area (Å²) in [6.07, 6.45) is 4.12. The van der Waals surface area contributed by atoms with Crippen LogP contribution in [0.3, 0.4) is 0 Å². The minimum atomic E-state index is -0.207. The Hall–Kier alpha value is -0.540. The van der Waals surface area contributed by atoms with Crippen molar-refractivity contribution >= 4 is 21.6 Å². The number of aryl methyl sites for hydroxylation is 1. The standard InChI is InChI=1S/C13H18BrNO/c1-9-6-7-11(10(14)8-9)15-12-4-2-3-5-13(12)16/h6-8,12-13,15-16H,2-5H2,1H3/t12-,13-/m0/s1. The van der Waals surface area contributed by atoms with Crippen LogP contribution in [0.4, 0.5) is 5.69 Å². The molecule has 88 valence electrons. The summed E-state index contributed by atoms with van der Waals surface area (Å²) in [4.78, 5) is 0. The number of hydrogen-bond acceptors (Lipinski definition) is 2. The minimum Gasteiger partial charge on any atom is -0.391 e. The Morgan fingerprint density at radius 1 is 1.31 bits per heavy atom. The largest absolute Gasteiger partial charge is 0.391 e. The number of hydrogen-bond donors (Lipinski definition) is 2. The molecule has 1 saturated carbocycles. The first kappa shape index (κ1) is 11.9. The Bertz CT molecular complexity index is 367. The molecule has 0 spiro atoms. The summed E-state index contributed by atoms with van der Waals surface area (Å²) in [7, 11) is 0. The highest BCUT2D eigenvalue weighted by Gasteiger charge is 2.23. The second-order valence-corrected chi connectivity index (χ2v) is 5.44. The molecule has 0 saturated heterocycles. The first-order chi connectivity index (χ1) is 7.66. The lowest BCUT2D eigenvalue weighted by Crippen LogP contribution is -2.36. The number of halogens is 1. The first-order valence-electron chi connectivity index (χ1n) is 5.87. The highest BCUT2D eigenvalue weighted by molar-refractivity contribution is 9.10. The minimum absolute atomic E-state index is 0.202. The van der Waals surface area contributed by atoms with Crippen LogP contribution in [0.5, 0.6) is 0 Å². The van der Waals surface area contributed by atoms with Crippen molar-refractivity contribution in [1.82, 2.24) is 0 Å². The third-order valence-electron chi connectivity index (χ3n) is 3.19. The predicted molar refractivity (Wildman–Crippen MR) is 70.8 cm³/mol. The summed E-state index contributed by atoms with van der Waals surface area (Å²) < 4.78 is 1.07. The Morgan fingerprint density at radius 2 is 2.06 bits per heavy atom. The van der Waals surface area contributed by atoms with Crippen molar-refractivity contribution in [2.45, 2.75) is 44.8 Å². The van der Waals surface area contributed by atoms with E-state index in [-0.39, 0.29) is 12.1 Å². The normalized spacial score (nSPS) is 25.4. The van der Waals surface area contributed by atoms with Gasteiger partial charge in [-0.05, 0) is 53.4 Å². The Labute approximate surface area is 105 Å². The predicted octanol–water partition coefficient (Wildman–Crippen LogP) is 3.47. The van der Waals surface area contributed by atoms with Gasteiger partial charge in [-0.1, -0.05) is 18.9 Å². The van der Waals surface area contributed by atoms with Gasteiger partial charge >= 0.3 is 0 Å². The number of nitrogens with one attached hydrogen (secondary N) is 1. The first-order valence-corrected chi connectivity index (χ1v) is 6.67. The van der Waals surface area contributed by atoms with Crippen LogP contribution in [0.2, 0.25) is 0 Å². The number of aliphatic hydroxyl groups is 1. The summed E-state index contributed by atoms with van der Waals surface area (Å²) in [5.41, 5.74) is 2.32. The highest BCUT2D eigenvalue weighted by atomic mass is 79.9. The van der Waals surface area contributed by atoms with Gasteiger partial charge in [-0.3, -0.25) is 0 Å². The molecule has 1 fully saturated rings. The van der Waals surface area contributed by atoms with E-state index in [1.807, 2.05) is 0 Å². The topological polar surface area (TPSA) is 32.3 Å². The summed E-state index contributed by atoms with van der Waals surface area (Å²) in [5, 5.41) is 13.3. The molecule has 2 atom stereocenters. The van der Waals surface area contributed by atoms with E-state index in [2.05, 4.69) is 46.4 Å². The SMILES string of the molecule is Cc1ccc(N[C@H]2CCCC[C@@H]2O)c(Br)c1. The second-order valence-electron chi connectivity index (χ2n) is 4.59. The molecule has 3 heteroatoms. The molecule has 1 aliphatic carbocycles. The van der Waals surface area contributed by atoms with Gasteiger partial charge in [0.1, 0.15) is 0 Å². The monoisotopic (exact) mass is 283 g/mol. The average Bonchev–Trinajstić information content (AvgIpc) is 2.25. The molecule has 0 radical (unpaired) electrons. The maximum Gasteiger partial charge on any atom is 0.0741 e. The van der Waals surface area contributed by atoms with Gasteiger partial charge in [-0.15, -0.1) is 0 Å². The quantitative estimate of drug-likeness (QED) is 0.871. The highest BCUT2D eigenvalue weighted by Crippen LogP contribution is 2.27. The molecule has 2 nitrogen and oxygen atoms in total. The summed E-state index contributed by atoms with van der Waals surface area (Å²) in [6.45, 7) is 2.07. The molecule has 0 unspecified atom stereocenters. The van der Waals surface area contributed by atoms with Gasteiger partial charge in [0, 0.05) is 10.2 Å². The molecule has 1 aliphatic rings. The van der Waals surface area contributed by atoms with E-state index >= 15 is 0 Å². The fraction of sp³-hybridized carbons (Fsp3) is 0.538. The van der Waals surface area contributed by atoms with Crippen LogP contribution in [-0.4, -0.2) is 17.3 Å². The van der Waals surface area contributed by atoms with Crippen LogP contribution >= 0.6 is 15.9 Å². The van der Waals surface area contributed by atoms with E-state index in [0.717, 1.165) is 29.4 Å². The van der Waals surface area contributed by atoms with Gasteiger partial charge in [-0.25, -0.2) is 0 Å². The summed E-state index contributed by atoms with van der Waals surface area (Å²) in [6, 6.07) is 6.45. The molecule has 0 aliphatic heterocycles. The van der Waals surface area contributed by atoms with Crippen LogP contribution in [-0.2, 0) is 0 Å². The van der Waals surface area contributed by atoms with Gasteiger partial charge in [0.05, 0.1) is 12.1 Å². The lowest BCUT2D eigenvalue weighted by Gasteiger charge is -2.29. The molecule has 0 amide bonds. The second kappa shape index (κ2) is 5.19. The van der Waals surface area contributed by atoms with Gasteiger partial charge in [0.25, 0.3) is 0 Å². The number of anilines is 1. The van der Waals surface area contributed by atoms with Crippen molar-refractivity contribution < 1.29 is 5.11 Å². The summed E-state index contributed by atoms with van der Waals surface area (Å²) in [5.74, 6) is 0. The molecular weight excluding hydrogens is 266 g/mol. The Morgan fingerprint density at radius 3 is 2.75 bits per heavy atom. The molecule has 0 heterocycles. The number of rotatable bonds is 2. The lowest BCUT2D eigenvalue weighted by molar-refractivity contribution is 0.116. The molecule has 2 rings (SSSR count). The molecule has 1 aromatic rings. The zero-order valence-corrected chi connectivity index (χ0v) is 11.1. The van der Waals surface area contributed by atoms with Crippen LogP contribution in [0, 0.1) is 6.92 Å². The average molecular weight is 284 g/mol. The van der Waals surface area contributed by atoms with E-state index < -0.39 is 0 Å². The molecule has 0 aromatic heterocycles. The van der Waals surface area contributed by atoms with Crippen LogP contribution in [0.25, 0.3) is 0 Å². The van der Waals surface area contributed by atoms with Crippen molar-refractivity contribution in [3.63, 3.8) is 0 Å². The van der Waals surface area contributed by atoms with Crippen molar-refractivity contribution in [3.8, 4) is 0 Å². The van der Waals surface area contributed by atoms with E-state index in [1.165, 1.54) is 12.0 Å². The van der Waals surface area contributed by atoms with E-state index in [0.29, 0.717) is 0 Å². The van der Waals surface area contributed by atoms with E-state index in [9.17, 15) is 5.11 Å². The third kappa shape index (κ3) is 2.77. The molecule has 2 N–H and O–H groups in total. The number of aliphatic hydroxyl groups excluding tert-OH is 1. The maximum atomic E-state index is 9.90. The Kier molecular flexibility index (Phi) is 3.87. The van der Waals surface area contributed by atoms with Crippen molar-refractivity contribution in [2.75, 3.05) is 5.32 Å². The molecular formula is C13H18BrNO. The van der Waals surface area contributed by atoms with Crippen LogP contribution < -0.4 is 5.32 Å². The van der Waals surface area contributed by atoms with Crippen molar-refractivity contribution in [2.24, 2.45) is 0 Å².